The minimum Gasteiger partial charge on any atom is -0.289 e. The number of allylic oxidation sites excluding steroid dienone is 4. The van der Waals surface area contributed by atoms with E-state index in [2.05, 4.69) is 18.1 Å². The summed E-state index contributed by atoms with van der Waals surface area (Å²) in [5.41, 5.74) is 3.76. The number of hydrogen-bond acceptors (Lipinski definition) is 1. The maximum atomic E-state index is 12.0. The normalized spacial score (nSPS) is 14.1. The van der Waals surface area contributed by atoms with Crippen LogP contribution in [0.25, 0.3) is 5.57 Å². The number of rotatable bonds is 4. The van der Waals surface area contributed by atoms with Gasteiger partial charge < -0.3 is 0 Å². The molecule has 1 aromatic rings. The number of fused-ring (bicyclic) bond motifs is 1. The molecular weight excluding hydrogens is 220 g/mol. The third-order valence-electron chi connectivity index (χ3n) is 3.18. The molecule has 18 heavy (non-hydrogen) atoms. The van der Waals surface area contributed by atoms with E-state index in [-0.39, 0.29) is 5.78 Å². The van der Waals surface area contributed by atoms with E-state index >= 15 is 0 Å². The Labute approximate surface area is 108 Å². The van der Waals surface area contributed by atoms with Crippen LogP contribution in [-0.2, 0) is 0 Å². The maximum Gasteiger partial charge on any atom is 0.189 e. The topological polar surface area (TPSA) is 17.1 Å². The molecule has 0 atom stereocenters. The van der Waals surface area contributed by atoms with Crippen molar-refractivity contribution in [3.8, 4) is 12.3 Å². The van der Waals surface area contributed by atoms with Crippen LogP contribution in [0.2, 0.25) is 0 Å². The number of terminal acetylenes is 1. The zero-order chi connectivity index (χ0) is 13.0. The third kappa shape index (κ3) is 2.28. The van der Waals surface area contributed by atoms with Crippen LogP contribution < -0.4 is 0 Å². The second-order valence-corrected chi connectivity index (χ2v) is 4.41. The Morgan fingerprint density at radius 3 is 2.72 bits per heavy atom. The Morgan fingerprint density at radius 1 is 1.28 bits per heavy atom. The fraction of sp³-hybridized carbons (Fsp3) is 0.235. The average Bonchev–Trinajstić information content (AvgIpc) is 2.64. The SMILES string of the molecule is C#CCCC/C=C/C1=C(C)C(=O)c2ccccc21. The van der Waals surface area contributed by atoms with Gasteiger partial charge in [0.15, 0.2) is 5.78 Å². The van der Waals surface area contributed by atoms with Gasteiger partial charge in [0.25, 0.3) is 0 Å². The first kappa shape index (κ1) is 12.4. The van der Waals surface area contributed by atoms with E-state index in [1.54, 1.807) is 0 Å². The Hall–Kier alpha value is -2.07. The molecule has 0 saturated carbocycles. The van der Waals surface area contributed by atoms with E-state index in [0.29, 0.717) is 0 Å². The Balaban J connectivity index is 2.18. The molecule has 2 rings (SSSR count). The lowest BCUT2D eigenvalue weighted by Crippen LogP contribution is -1.94. The molecule has 0 unspecified atom stereocenters. The molecule has 1 heteroatoms. The molecule has 90 valence electrons. The molecule has 0 N–H and O–H groups in total. The van der Waals surface area contributed by atoms with Gasteiger partial charge in [0.2, 0.25) is 0 Å². The highest BCUT2D eigenvalue weighted by Crippen LogP contribution is 2.33. The summed E-state index contributed by atoms with van der Waals surface area (Å²) < 4.78 is 0. The van der Waals surface area contributed by atoms with Crippen molar-refractivity contribution >= 4 is 11.4 Å². The van der Waals surface area contributed by atoms with Gasteiger partial charge in [-0.15, -0.1) is 12.3 Å². The first-order chi connectivity index (χ1) is 8.75. The minimum absolute atomic E-state index is 0.147. The van der Waals surface area contributed by atoms with Gasteiger partial charge in [0, 0.05) is 17.6 Å². The fourth-order valence-corrected chi connectivity index (χ4v) is 2.18. The highest BCUT2D eigenvalue weighted by molar-refractivity contribution is 6.21. The van der Waals surface area contributed by atoms with Crippen LogP contribution in [0.3, 0.4) is 0 Å². The van der Waals surface area contributed by atoms with Crippen molar-refractivity contribution in [2.45, 2.75) is 26.2 Å². The van der Waals surface area contributed by atoms with E-state index < -0.39 is 0 Å². The second-order valence-electron chi connectivity index (χ2n) is 4.41. The molecule has 0 spiro atoms. The first-order valence-corrected chi connectivity index (χ1v) is 6.20. The van der Waals surface area contributed by atoms with E-state index in [9.17, 15) is 4.79 Å². The van der Waals surface area contributed by atoms with Gasteiger partial charge in [-0.3, -0.25) is 4.79 Å². The molecule has 0 radical (unpaired) electrons. The lowest BCUT2D eigenvalue weighted by molar-refractivity contribution is 0.103. The Kier molecular flexibility index (Phi) is 3.79. The Morgan fingerprint density at radius 2 is 2.00 bits per heavy atom. The second kappa shape index (κ2) is 5.51. The van der Waals surface area contributed by atoms with Gasteiger partial charge in [-0.1, -0.05) is 36.4 Å². The van der Waals surface area contributed by atoms with Crippen molar-refractivity contribution < 1.29 is 4.79 Å². The van der Waals surface area contributed by atoms with Gasteiger partial charge in [0.1, 0.15) is 0 Å². The quantitative estimate of drug-likeness (QED) is 0.570. The minimum atomic E-state index is 0.147. The van der Waals surface area contributed by atoms with Crippen molar-refractivity contribution in [2.24, 2.45) is 0 Å². The maximum absolute atomic E-state index is 12.0. The van der Waals surface area contributed by atoms with Crippen molar-refractivity contribution in [1.29, 1.82) is 0 Å². The zero-order valence-corrected chi connectivity index (χ0v) is 10.6. The van der Waals surface area contributed by atoms with Crippen molar-refractivity contribution in [1.82, 2.24) is 0 Å². The van der Waals surface area contributed by atoms with Crippen LogP contribution in [0.1, 0.15) is 42.1 Å². The molecule has 0 aliphatic heterocycles. The number of carbonyl (C=O) groups is 1. The standard InChI is InChI=1S/C17H16O/c1-3-4-5-6-7-10-14-13(2)17(18)16-12-9-8-11-15(14)16/h1,7-12H,4-6H2,2H3/b10-7+. The number of unbranched alkanes of at least 4 members (excludes halogenated alkanes) is 2. The van der Waals surface area contributed by atoms with Crippen LogP contribution in [0, 0.1) is 12.3 Å². The molecule has 1 nitrogen and oxygen atoms in total. The summed E-state index contributed by atoms with van der Waals surface area (Å²) >= 11 is 0. The van der Waals surface area contributed by atoms with Crippen LogP contribution in [0.15, 0.2) is 42.0 Å². The Bertz CT molecular complexity index is 568. The van der Waals surface area contributed by atoms with Gasteiger partial charge in [-0.2, -0.15) is 0 Å². The highest BCUT2D eigenvalue weighted by Gasteiger charge is 2.24. The van der Waals surface area contributed by atoms with Crippen LogP contribution in [-0.4, -0.2) is 5.78 Å². The molecule has 0 saturated heterocycles. The summed E-state index contributed by atoms with van der Waals surface area (Å²) in [6.45, 7) is 1.89. The molecule has 0 amide bonds. The predicted molar refractivity (Wildman–Crippen MR) is 75.2 cm³/mol. The third-order valence-corrected chi connectivity index (χ3v) is 3.18. The molecule has 0 heterocycles. The highest BCUT2D eigenvalue weighted by atomic mass is 16.1. The summed E-state index contributed by atoms with van der Waals surface area (Å²) in [4.78, 5) is 12.0. The van der Waals surface area contributed by atoms with Crippen molar-refractivity contribution in [3.63, 3.8) is 0 Å². The molecule has 1 aromatic carbocycles. The summed E-state index contributed by atoms with van der Waals surface area (Å²) in [5.74, 6) is 2.77. The van der Waals surface area contributed by atoms with Gasteiger partial charge >= 0.3 is 0 Å². The fourth-order valence-electron chi connectivity index (χ4n) is 2.18. The summed E-state index contributed by atoms with van der Waals surface area (Å²) in [6, 6.07) is 7.77. The van der Waals surface area contributed by atoms with Crippen molar-refractivity contribution in [2.75, 3.05) is 0 Å². The number of Topliss-reactive ketones (excluding diaryl/α,β-unsaturated/α-hetero) is 1. The predicted octanol–water partition coefficient (Wildman–Crippen LogP) is 4.02. The summed E-state index contributed by atoms with van der Waals surface area (Å²) in [6.07, 6.45) is 12.1. The number of ketones is 1. The lowest BCUT2D eigenvalue weighted by atomic mass is 10.0. The van der Waals surface area contributed by atoms with E-state index in [4.69, 9.17) is 6.42 Å². The molecule has 1 aliphatic carbocycles. The number of carbonyl (C=O) groups excluding carboxylic acids is 1. The van der Waals surface area contributed by atoms with E-state index in [0.717, 1.165) is 41.5 Å². The average molecular weight is 236 g/mol. The van der Waals surface area contributed by atoms with Crippen LogP contribution in [0.5, 0.6) is 0 Å². The largest absolute Gasteiger partial charge is 0.289 e. The van der Waals surface area contributed by atoms with Gasteiger partial charge in [-0.25, -0.2) is 0 Å². The van der Waals surface area contributed by atoms with E-state index in [1.165, 1.54) is 0 Å². The summed E-state index contributed by atoms with van der Waals surface area (Å²) in [5, 5.41) is 0. The summed E-state index contributed by atoms with van der Waals surface area (Å²) in [7, 11) is 0. The molecular formula is C17H16O. The first-order valence-electron chi connectivity index (χ1n) is 6.20. The number of benzene rings is 1. The monoisotopic (exact) mass is 236 g/mol. The van der Waals surface area contributed by atoms with E-state index in [1.807, 2.05) is 31.2 Å². The zero-order valence-electron chi connectivity index (χ0n) is 10.6. The van der Waals surface area contributed by atoms with Gasteiger partial charge in [-0.05, 0) is 30.9 Å². The van der Waals surface area contributed by atoms with Crippen LogP contribution >= 0.6 is 0 Å². The van der Waals surface area contributed by atoms with Gasteiger partial charge in [0.05, 0.1) is 0 Å². The number of hydrogen-bond donors (Lipinski definition) is 0. The van der Waals surface area contributed by atoms with Crippen molar-refractivity contribution in [3.05, 3.63) is 53.1 Å². The lowest BCUT2D eigenvalue weighted by Gasteiger charge is -1.99. The molecule has 0 fully saturated rings. The molecule has 0 bridgehead atoms. The smallest absolute Gasteiger partial charge is 0.189 e. The molecule has 0 aromatic heterocycles. The molecule has 1 aliphatic rings. The van der Waals surface area contributed by atoms with Crippen LogP contribution in [0.4, 0.5) is 0 Å².